The molecule has 1 spiro atoms. The van der Waals surface area contributed by atoms with Crippen molar-refractivity contribution in [2.75, 3.05) is 38.0 Å². The quantitative estimate of drug-likeness (QED) is 0.656. The van der Waals surface area contributed by atoms with Gasteiger partial charge in [-0.1, -0.05) is 6.07 Å². The van der Waals surface area contributed by atoms with Crippen LogP contribution in [0.2, 0.25) is 0 Å². The summed E-state index contributed by atoms with van der Waals surface area (Å²) in [5.41, 5.74) is -0.836. The molecule has 2 atom stereocenters. The maximum Gasteiger partial charge on any atom is 0.416 e. The van der Waals surface area contributed by atoms with Crippen molar-refractivity contribution in [2.45, 2.75) is 57.3 Å². The van der Waals surface area contributed by atoms with Crippen LogP contribution < -0.4 is 5.32 Å². The van der Waals surface area contributed by atoms with Gasteiger partial charge in [0.1, 0.15) is 6.04 Å². The Balaban J connectivity index is 1.24. The monoisotopic (exact) mass is 496 g/mol. The fraction of sp³-hybridized carbons (Fsp3) is 0.625. The van der Waals surface area contributed by atoms with Gasteiger partial charge in [-0.15, -0.1) is 0 Å². The maximum atomic E-state index is 12.9. The molecule has 0 aromatic heterocycles. The molecule has 1 aliphatic carbocycles. The highest BCUT2D eigenvalue weighted by Gasteiger charge is 2.51. The smallest absolute Gasteiger partial charge is 0.391 e. The van der Waals surface area contributed by atoms with Crippen LogP contribution in [0.3, 0.4) is 0 Å². The van der Waals surface area contributed by atoms with Crippen molar-refractivity contribution in [3.63, 3.8) is 0 Å². The van der Waals surface area contributed by atoms with Crippen LogP contribution in [0.1, 0.15) is 44.6 Å². The van der Waals surface area contributed by atoms with Gasteiger partial charge in [0, 0.05) is 44.8 Å². The Labute approximate surface area is 202 Å². The fourth-order valence-corrected chi connectivity index (χ4v) is 4.97. The molecule has 2 heterocycles. The number of anilines is 1. The van der Waals surface area contributed by atoms with Gasteiger partial charge < -0.3 is 25.1 Å². The predicted molar refractivity (Wildman–Crippen MR) is 121 cm³/mol. The van der Waals surface area contributed by atoms with Gasteiger partial charge >= 0.3 is 12.2 Å². The highest BCUT2D eigenvalue weighted by Crippen LogP contribution is 2.53. The van der Waals surface area contributed by atoms with Crippen molar-refractivity contribution < 1.29 is 32.7 Å². The number of halogens is 3. The van der Waals surface area contributed by atoms with Crippen LogP contribution in [-0.4, -0.2) is 82.5 Å². The van der Waals surface area contributed by atoms with E-state index in [0.717, 1.165) is 31.4 Å². The molecule has 8 nitrogen and oxygen atoms in total. The molecular formula is C24H31F3N4O4. The summed E-state index contributed by atoms with van der Waals surface area (Å²) in [4.78, 5) is 42.6. The van der Waals surface area contributed by atoms with Gasteiger partial charge in [0.25, 0.3) is 0 Å². The van der Waals surface area contributed by atoms with Gasteiger partial charge in [0.15, 0.2) is 0 Å². The number of alkyl halides is 3. The number of hydrogen-bond acceptors (Lipinski definition) is 4. The third-order valence-electron chi connectivity index (χ3n) is 7.49. The molecule has 1 aromatic carbocycles. The van der Waals surface area contributed by atoms with Crippen LogP contribution in [0.5, 0.6) is 0 Å². The summed E-state index contributed by atoms with van der Waals surface area (Å²) < 4.78 is 38.7. The molecule has 4 amide bonds. The van der Waals surface area contributed by atoms with Crippen LogP contribution in [0.25, 0.3) is 0 Å². The second-order valence-electron chi connectivity index (χ2n) is 9.77. The molecule has 192 valence electrons. The lowest BCUT2D eigenvalue weighted by Crippen LogP contribution is -2.58. The normalized spacial score (nSPS) is 24.0. The number of rotatable bonds is 5. The zero-order valence-corrected chi connectivity index (χ0v) is 19.7. The molecule has 2 aliphatic heterocycles. The fourth-order valence-electron chi connectivity index (χ4n) is 4.97. The minimum Gasteiger partial charge on any atom is -0.391 e. The number of piperidine rings is 1. The molecule has 1 saturated carbocycles. The number of carbonyl (C=O) groups excluding carboxylic acids is 3. The van der Waals surface area contributed by atoms with E-state index in [1.807, 2.05) is 0 Å². The van der Waals surface area contributed by atoms with Crippen molar-refractivity contribution in [2.24, 2.45) is 5.41 Å². The average Bonchev–Trinajstić information content (AvgIpc) is 3.59. The standard InChI is InChI=1S/C24H31F3N4O4/c1-16-21(34)29(10-3-6-20(33)30-11-9-23(7-8-23)19(32)15-30)12-13-31(16)22(35)28-18-5-2-4-17(14-18)24(25,26)27/h2,4-5,14,16,19,32H,3,6-13,15H2,1H3,(H,28,35). The first-order chi connectivity index (χ1) is 16.5. The third-order valence-corrected chi connectivity index (χ3v) is 7.49. The van der Waals surface area contributed by atoms with Gasteiger partial charge in [0.05, 0.1) is 11.7 Å². The molecule has 11 heteroatoms. The van der Waals surface area contributed by atoms with Gasteiger partial charge in [-0.2, -0.15) is 13.2 Å². The number of benzene rings is 1. The molecule has 2 N–H and O–H groups in total. The highest BCUT2D eigenvalue weighted by atomic mass is 19.4. The van der Waals surface area contributed by atoms with Crippen molar-refractivity contribution in [1.29, 1.82) is 0 Å². The van der Waals surface area contributed by atoms with Crippen LogP contribution in [0.4, 0.5) is 23.7 Å². The summed E-state index contributed by atoms with van der Waals surface area (Å²) in [5.74, 6) is -0.300. The number of nitrogens with zero attached hydrogens (tertiary/aromatic N) is 3. The van der Waals surface area contributed by atoms with E-state index >= 15 is 0 Å². The summed E-state index contributed by atoms with van der Waals surface area (Å²) in [6.45, 7) is 3.48. The number of piperazine rings is 1. The summed E-state index contributed by atoms with van der Waals surface area (Å²) in [6, 6.07) is 2.92. The second kappa shape index (κ2) is 9.67. The predicted octanol–water partition coefficient (Wildman–Crippen LogP) is 2.92. The molecule has 35 heavy (non-hydrogen) atoms. The molecule has 0 bridgehead atoms. The van der Waals surface area contributed by atoms with Crippen LogP contribution in [0.15, 0.2) is 24.3 Å². The number of hydrogen-bond donors (Lipinski definition) is 2. The summed E-state index contributed by atoms with van der Waals surface area (Å²) in [5, 5.41) is 12.7. The first-order valence-corrected chi connectivity index (χ1v) is 12.0. The largest absolute Gasteiger partial charge is 0.416 e. The zero-order chi connectivity index (χ0) is 25.4. The molecular weight excluding hydrogens is 465 g/mol. The zero-order valence-electron chi connectivity index (χ0n) is 19.7. The Kier molecular flexibility index (Phi) is 6.99. The Hall–Kier alpha value is -2.82. The third kappa shape index (κ3) is 5.55. The van der Waals surface area contributed by atoms with Crippen LogP contribution >= 0.6 is 0 Å². The minimum atomic E-state index is -4.52. The van der Waals surface area contributed by atoms with E-state index < -0.39 is 29.9 Å². The second-order valence-corrected chi connectivity index (χ2v) is 9.77. The number of aliphatic hydroxyl groups is 1. The SMILES string of the molecule is CC1C(=O)N(CCCC(=O)N2CCC3(CC3)C(O)C2)CCN1C(=O)Nc1cccc(C(F)(F)F)c1. The Morgan fingerprint density at radius 2 is 1.91 bits per heavy atom. The van der Waals surface area contributed by atoms with Crippen molar-refractivity contribution in [1.82, 2.24) is 14.7 Å². The number of nitrogens with one attached hydrogen (secondary N) is 1. The molecule has 3 fully saturated rings. The number of likely N-dealkylation sites (tertiary alicyclic amines) is 1. The van der Waals surface area contributed by atoms with E-state index in [0.29, 0.717) is 26.1 Å². The Morgan fingerprint density at radius 1 is 1.17 bits per heavy atom. The topological polar surface area (TPSA) is 93.2 Å². The van der Waals surface area contributed by atoms with E-state index in [4.69, 9.17) is 0 Å². The number of carbonyl (C=O) groups is 3. The summed E-state index contributed by atoms with van der Waals surface area (Å²) in [6.07, 6.45) is -1.34. The molecule has 3 aliphatic rings. The van der Waals surface area contributed by atoms with Crippen molar-refractivity contribution >= 4 is 23.5 Å². The maximum absolute atomic E-state index is 12.9. The van der Waals surface area contributed by atoms with E-state index in [1.165, 1.54) is 17.0 Å². The Morgan fingerprint density at radius 3 is 2.57 bits per heavy atom. The van der Waals surface area contributed by atoms with Gasteiger partial charge in [-0.3, -0.25) is 9.59 Å². The molecule has 2 unspecified atom stereocenters. The molecule has 0 radical (unpaired) electrons. The number of urea groups is 1. The van der Waals surface area contributed by atoms with Crippen molar-refractivity contribution in [3.8, 4) is 0 Å². The van der Waals surface area contributed by atoms with Gasteiger partial charge in [0.2, 0.25) is 11.8 Å². The number of β-amino-alcohol motifs (C(OH)–C–C–N with tert-alkyl or cyclic N) is 1. The molecule has 4 rings (SSSR count). The first-order valence-electron chi connectivity index (χ1n) is 12.0. The Bertz CT molecular complexity index is 982. The van der Waals surface area contributed by atoms with E-state index in [9.17, 15) is 32.7 Å². The van der Waals surface area contributed by atoms with Crippen LogP contribution in [-0.2, 0) is 15.8 Å². The summed E-state index contributed by atoms with van der Waals surface area (Å²) in [7, 11) is 0. The number of amides is 4. The van der Waals surface area contributed by atoms with Crippen LogP contribution in [0, 0.1) is 5.41 Å². The lowest BCUT2D eigenvalue weighted by molar-refractivity contribution is -0.140. The van der Waals surface area contributed by atoms with E-state index in [1.54, 1.807) is 16.7 Å². The lowest BCUT2D eigenvalue weighted by atomic mass is 9.90. The van der Waals surface area contributed by atoms with E-state index in [2.05, 4.69) is 5.32 Å². The minimum absolute atomic E-state index is 0.000790. The van der Waals surface area contributed by atoms with Gasteiger partial charge in [-0.25, -0.2) is 4.79 Å². The summed E-state index contributed by atoms with van der Waals surface area (Å²) >= 11 is 0. The molecule has 2 saturated heterocycles. The lowest BCUT2D eigenvalue weighted by Gasteiger charge is -2.39. The first kappa shape index (κ1) is 25.3. The highest BCUT2D eigenvalue weighted by molar-refractivity contribution is 5.94. The number of aliphatic hydroxyl groups excluding tert-OH is 1. The van der Waals surface area contributed by atoms with Crippen molar-refractivity contribution in [3.05, 3.63) is 29.8 Å². The van der Waals surface area contributed by atoms with E-state index in [-0.39, 0.29) is 42.4 Å². The molecule has 1 aromatic rings. The van der Waals surface area contributed by atoms with Gasteiger partial charge in [-0.05, 0) is 56.2 Å². The average molecular weight is 497 g/mol.